The summed E-state index contributed by atoms with van der Waals surface area (Å²) in [6.45, 7) is -0.341. The molecular weight excluding hydrogens is 398 g/mol. The number of carboxylic acids is 1. The van der Waals surface area contributed by atoms with Gasteiger partial charge in [-0.3, -0.25) is 9.69 Å². The lowest BCUT2D eigenvalue weighted by atomic mass is 9.98. The fourth-order valence-corrected chi connectivity index (χ4v) is 4.12. The van der Waals surface area contributed by atoms with Crippen LogP contribution in [-0.2, 0) is 9.53 Å². The summed E-state index contributed by atoms with van der Waals surface area (Å²) in [7, 11) is 0. The van der Waals surface area contributed by atoms with E-state index in [-0.39, 0.29) is 19.3 Å². The highest BCUT2D eigenvalue weighted by atomic mass is 16.7. The minimum absolute atomic E-state index is 0.0860. The molecule has 0 aromatic heterocycles. The number of anilines is 1. The summed E-state index contributed by atoms with van der Waals surface area (Å²) in [5.74, 6) is -0.253. The Bertz CT molecular complexity index is 1130. The average molecular weight is 417 g/mol. The minimum Gasteiger partial charge on any atom is -0.480 e. The maximum Gasteiger partial charge on any atom is 0.414 e. The van der Waals surface area contributed by atoms with E-state index in [0.717, 1.165) is 27.2 Å². The number of hydrogen-bond acceptors (Lipinski definition) is 5. The first-order valence-electron chi connectivity index (χ1n) is 9.86. The van der Waals surface area contributed by atoms with E-state index in [9.17, 15) is 14.7 Å². The van der Waals surface area contributed by atoms with Crippen LogP contribution >= 0.6 is 0 Å². The van der Waals surface area contributed by atoms with Gasteiger partial charge in [0.25, 0.3) is 0 Å². The van der Waals surface area contributed by atoms with Gasteiger partial charge in [-0.05, 0) is 34.4 Å². The lowest BCUT2D eigenvalue weighted by molar-refractivity contribution is -0.135. The van der Waals surface area contributed by atoms with Crippen molar-refractivity contribution in [2.24, 2.45) is 0 Å². The molecule has 1 N–H and O–H groups in total. The van der Waals surface area contributed by atoms with Crippen LogP contribution in [0.3, 0.4) is 0 Å². The van der Waals surface area contributed by atoms with Gasteiger partial charge in [0.05, 0.1) is 5.69 Å². The van der Waals surface area contributed by atoms with E-state index >= 15 is 0 Å². The summed E-state index contributed by atoms with van der Waals surface area (Å²) in [6, 6.07) is 20.9. The third kappa shape index (κ3) is 3.44. The molecule has 3 aromatic rings. The average Bonchev–Trinajstić information content (AvgIpc) is 3.38. The zero-order valence-corrected chi connectivity index (χ0v) is 16.5. The molecule has 0 fully saturated rings. The monoisotopic (exact) mass is 417 g/mol. The van der Waals surface area contributed by atoms with Crippen molar-refractivity contribution in [2.75, 3.05) is 24.8 Å². The van der Waals surface area contributed by atoms with Gasteiger partial charge in [-0.25, -0.2) is 4.79 Å². The molecule has 1 aliphatic heterocycles. The van der Waals surface area contributed by atoms with Crippen LogP contribution in [0.15, 0.2) is 66.7 Å². The molecule has 1 aliphatic carbocycles. The maximum atomic E-state index is 12.9. The molecule has 0 radical (unpaired) electrons. The van der Waals surface area contributed by atoms with E-state index in [4.69, 9.17) is 14.2 Å². The predicted octanol–water partition coefficient (Wildman–Crippen LogP) is 4.26. The van der Waals surface area contributed by atoms with Crippen LogP contribution in [0.25, 0.3) is 11.1 Å². The molecule has 0 atom stereocenters. The third-order valence-electron chi connectivity index (χ3n) is 5.52. The van der Waals surface area contributed by atoms with Gasteiger partial charge in [0.2, 0.25) is 6.79 Å². The summed E-state index contributed by atoms with van der Waals surface area (Å²) in [5.41, 5.74) is 4.78. The normalized spacial score (nSPS) is 13.4. The first kappa shape index (κ1) is 19.0. The van der Waals surface area contributed by atoms with Crippen LogP contribution in [0.5, 0.6) is 11.5 Å². The molecule has 156 valence electrons. The largest absolute Gasteiger partial charge is 0.480 e. The van der Waals surface area contributed by atoms with Crippen LogP contribution in [0, 0.1) is 0 Å². The summed E-state index contributed by atoms with van der Waals surface area (Å²) in [6.07, 6.45) is -0.733. The number of ether oxygens (including phenoxy) is 3. The lowest BCUT2D eigenvalue weighted by Crippen LogP contribution is -2.36. The lowest BCUT2D eigenvalue weighted by Gasteiger charge is -2.22. The smallest absolute Gasteiger partial charge is 0.414 e. The summed E-state index contributed by atoms with van der Waals surface area (Å²) >= 11 is 0. The number of carbonyl (C=O) groups excluding carboxylic acids is 1. The topological polar surface area (TPSA) is 85.3 Å². The molecular formula is C24H19NO6. The van der Waals surface area contributed by atoms with Gasteiger partial charge >= 0.3 is 12.1 Å². The molecule has 1 heterocycles. The highest BCUT2D eigenvalue weighted by Gasteiger charge is 2.30. The van der Waals surface area contributed by atoms with Crippen molar-refractivity contribution >= 4 is 17.7 Å². The molecule has 7 heteroatoms. The van der Waals surface area contributed by atoms with E-state index in [0.29, 0.717) is 17.2 Å². The molecule has 0 bridgehead atoms. The van der Waals surface area contributed by atoms with Crippen molar-refractivity contribution in [2.45, 2.75) is 5.92 Å². The molecule has 7 nitrogen and oxygen atoms in total. The summed E-state index contributed by atoms with van der Waals surface area (Å²) in [4.78, 5) is 25.4. The number of aliphatic carboxylic acids is 1. The number of benzene rings is 3. The Morgan fingerprint density at radius 1 is 0.935 bits per heavy atom. The molecule has 0 saturated carbocycles. The Labute approximate surface area is 178 Å². The van der Waals surface area contributed by atoms with E-state index in [1.165, 1.54) is 0 Å². The first-order valence-corrected chi connectivity index (χ1v) is 9.86. The van der Waals surface area contributed by atoms with Crippen molar-refractivity contribution in [3.8, 4) is 22.6 Å². The molecule has 0 unspecified atom stereocenters. The van der Waals surface area contributed by atoms with Crippen molar-refractivity contribution in [3.05, 3.63) is 77.9 Å². The minimum atomic E-state index is -1.15. The Balaban J connectivity index is 1.39. The second kappa shape index (κ2) is 7.68. The van der Waals surface area contributed by atoms with Gasteiger partial charge in [-0.2, -0.15) is 0 Å². The van der Waals surface area contributed by atoms with Crippen molar-refractivity contribution < 1.29 is 28.9 Å². The van der Waals surface area contributed by atoms with Gasteiger partial charge in [0.15, 0.2) is 11.5 Å². The Hall–Kier alpha value is -4.00. The number of nitrogens with zero attached hydrogens (tertiary/aromatic N) is 1. The van der Waals surface area contributed by atoms with Crippen LogP contribution in [0.2, 0.25) is 0 Å². The standard InChI is InChI=1S/C24H19NO6/c26-23(27)12-25(15-9-10-21-22(11-15)31-14-30-21)24(28)29-13-20-18-7-3-1-5-16(18)17-6-2-4-8-19(17)20/h1-11,20H,12-14H2,(H,26,27). The van der Waals surface area contributed by atoms with Crippen LogP contribution in [0.1, 0.15) is 17.0 Å². The number of carboxylic acid groups (broad SMARTS) is 1. The summed E-state index contributed by atoms with van der Waals surface area (Å²) in [5, 5.41) is 9.32. The SMILES string of the molecule is O=C(O)CN(C(=O)OCC1c2ccccc2-c2ccccc21)c1ccc2c(c1)OCO2. The number of amides is 1. The van der Waals surface area contributed by atoms with Gasteiger partial charge < -0.3 is 19.3 Å². The first-order chi connectivity index (χ1) is 15.1. The molecule has 2 aliphatic rings. The van der Waals surface area contributed by atoms with E-state index in [1.54, 1.807) is 18.2 Å². The second-order valence-electron chi connectivity index (χ2n) is 7.32. The zero-order valence-electron chi connectivity index (χ0n) is 16.5. The quantitative estimate of drug-likeness (QED) is 0.668. The van der Waals surface area contributed by atoms with Crippen LogP contribution in [-0.4, -0.2) is 37.1 Å². The third-order valence-corrected chi connectivity index (χ3v) is 5.52. The molecule has 5 rings (SSSR count). The molecule has 31 heavy (non-hydrogen) atoms. The number of carbonyl (C=O) groups is 2. The van der Waals surface area contributed by atoms with Crippen molar-refractivity contribution in [3.63, 3.8) is 0 Å². The highest BCUT2D eigenvalue weighted by Crippen LogP contribution is 2.44. The Morgan fingerprint density at radius 3 is 2.26 bits per heavy atom. The van der Waals surface area contributed by atoms with Crippen molar-refractivity contribution in [1.82, 2.24) is 0 Å². The molecule has 3 aromatic carbocycles. The van der Waals surface area contributed by atoms with Gasteiger partial charge in [0, 0.05) is 12.0 Å². The fourth-order valence-electron chi connectivity index (χ4n) is 4.12. The van der Waals surface area contributed by atoms with Crippen LogP contribution in [0.4, 0.5) is 10.5 Å². The van der Waals surface area contributed by atoms with E-state index in [1.807, 2.05) is 36.4 Å². The van der Waals surface area contributed by atoms with Gasteiger partial charge in [-0.15, -0.1) is 0 Å². The van der Waals surface area contributed by atoms with Gasteiger partial charge in [-0.1, -0.05) is 48.5 Å². The van der Waals surface area contributed by atoms with E-state index < -0.39 is 18.6 Å². The predicted molar refractivity (Wildman–Crippen MR) is 113 cm³/mol. The zero-order chi connectivity index (χ0) is 21.4. The molecule has 0 spiro atoms. The number of hydrogen-bond donors (Lipinski definition) is 1. The number of rotatable bonds is 5. The second-order valence-corrected chi connectivity index (χ2v) is 7.32. The van der Waals surface area contributed by atoms with Crippen LogP contribution < -0.4 is 14.4 Å². The van der Waals surface area contributed by atoms with Crippen molar-refractivity contribution in [1.29, 1.82) is 0 Å². The molecule has 1 amide bonds. The highest BCUT2D eigenvalue weighted by molar-refractivity contribution is 5.93. The summed E-state index contributed by atoms with van der Waals surface area (Å²) < 4.78 is 16.3. The molecule has 0 saturated heterocycles. The number of fused-ring (bicyclic) bond motifs is 4. The van der Waals surface area contributed by atoms with E-state index in [2.05, 4.69) is 12.1 Å². The Kier molecular flexibility index (Phi) is 4.71. The van der Waals surface area contributed by atoms with Gasteiger partial charge in [0.1, 0.15) is 13.2 Å². The Morgan fingerprint density at radius 2 is 1.58 bits per heavy atom. The fraction of sp³-hybridized carbons (Fsp3) is 0.167. The maximum absolute atomic E-state index is 12.9.